The first-order valence-electron chi connectivity index (χ1n) is 11.7. The molecule has 0 saturated heterocycles. The average molecular weight is 436 g/mol. The van der Waals surface area contributed by atoms with Crippen LogP contribution in [0, 0.1) is 6.92 Å². The Bertz CT molecular complexity index is 1560. The first-order chi connectivity index (χ1) is 16.8. The molecule has 0 spiro atoms. The highest BCUT2D eigenvalue weighted by Crippen LogP contribution is 2.43. The Morgan fingerprint density at radius 3 is 1.41 bits per heavy atom. The number of benzene rings is 6. The van der Waals surface area contributed by atoms with E-state index < -0.39 is 0 Å². The molecule has 162 valence electrons. The van der Waals surface area contributed by atoms with Crippen molar-refractivity contribution in [2.24, 2.45) is 0 Å². The molecule has 6 rings (SSSR count). The van der Waals surface area contributed by atoms with Crippen LogP contribution in [0.3, 0.4) is 0 Å². The van der Waals surface area contributed by atoms with Gasteiger partial charge in [-0.15, -0.1) is 0 Å². The number of hydrogen-bond acceptors (Lipinski definition) is 1. The molecule has 0 aliphatic rings. The first-order valence-corrected chi connectivity index (χ1v) is 11.7. The van der Waals surface area contributed by atoms with Crippen LogP contribution in [-0.2, 0) is 0 Å². The molecule has 0 atom stereocenters. The Kier molecular flexibility index (Phi) is 5.08. The van der Waals surface area contributed by atoms with E-state index in [0.717, 1.165) is 11.4 Å². The lowest BCUT2D eigenvalue weighted by Gasteiger charge is -2.27. The first kappa shape index (κ1) is 20.3. The lowest BCUT2D eigenvalue weighted by Crippen LogP contribution is -2.10. The van der Waals surface area contributed by atoms with E-state index in [1.165, 1.54) is 43.9 Å². The van der Waals surface area contributed by atoms with Crippen LogP contribution in [0.25, 0.3) is 32.7 Å². The predicted molar refractivity (Wildman–Crippen MR) is 146 cm³/mol. The van der Waals surface area contributed by atoms with Crippen LogP contribution in [0.1, 0.15) is 5.56 Å². The summed E-state index contributed by atoms with van der Waals surface area (Å²) in [5.74, 6) is 0. The second kappa shape index (κ2) is 8.53. The maximum Gasteiger partial charge on any atom is 0.0540 e. The molecule has 6 aromatic carbocycles. The Morgan fingerprint density at radius 1 is 0.382 bits per heavy atom. The number of para-hydroxylation sites is 2. The average Bonchev–Trinajstić information content (AvgIpc) is 2.91. The van der Waals surface area contributed by atoms with Crippen molar-refractivity contribution in [3.63, 3.8) is 0 Å². The van der Waals surface area contributed by atoms with Crippen LogP contribution in [0.4, 0.5) is 17.1 Å². The molecule has 0 aliphatic carbocycles. The van der Waals surface area contributed by atoms with Gasteiger partial charge in [0, 0.05) is 16.8 Å². The molecular formula is C33H25N. The van der Waals surface area contributed by atoms with E-state index in [4.69, 9.17) is 0 Å². The summed E-state index contributed by atoms with van der Waals surface area (Å²) in [7, 11) is 0. The fourth-order valence-corrected chi connectivity index (χ4v) is 4.98. The molecule has 1 heteroatoms. The number of fused-ring (bicyclic) bond motifs is 2. The van der Waals surface area contributed by atoms with Gasteiger partial charge in [-0.3, -0.25) is 0 Å². The minimum atomic E-state index is 1.15. The topological polar surface area (TPSA) is 3.24 Å². The van der Waals surface area contributed by atoms with E-state index in [0.29, 0.717) is 0 Å². The van der Waals surface area contributed by atoms with Crippen molar-refractivity contribution in [3.8, 4) is 11.1 Å². The van der Waals surface area contributed by atoms with Gasteiger partial charge in [-0.1, -0.05) is 103 Å². The second-order valence-corrected chi connectivity index (χ2v) is 8.66. The second-order valence-electron chi connectivity index (χ2n) is 8.66. The van der Waals surface area contributed by atoms with Crippen LogP contribution >= 0.6 is 0 Å². The maximum atomic E-state index is 2.35. The zero-order valence-corrected chi connectivity index (χ0v) is 19.1. The van der Waals surface area contributed by atoms with E-state index >= 15 is 0 Å². The fourth-order valence-electron chi connectivity index (χ4n) is 4.98. The Hall–Kier alpha value is -4.36. The number of anilines is 3. The SMILES string of the molecule is Cc1ccc(-c2ccc(N(c3ccccc3)c3ccccc3)c3ccccc23)c2ccccc12. The smallest absolute Gasteiger partial charge is 0.0540 e. The van der Waals surface area contributed by atoms with Crippen LogP contribution in [0.5, 0.6) is 0 Å². The molecule has 1 nitrogen and oxygen atoms in total. The fraction of sp³-hybridized carbons (Fsp3) is 0.0303. The molecule has 0 heterocycles. The van der Waals surface area contributed by atoms with Gasteiger partial charge in [-0.05, 0) is 70.1 Å². The van der Waals surface area contributed by atoms with E-state index in [1.54, 1.807) is 0 Å². The Labute approximate surface area is 200 Å². The number of rotatable bonds is 4. The van der Waals surface area contributed by atoms with Crippen LogP contribution < -0.4 is 4.90 Å². The molecule has 0 unspecified atom stereocenters. The lowest BCUT2D eigenvalue weighted by atomic mass is 9.91. The molecule has 0 amide bonds. The van der Waals surface area contributed by atoms with Gasteiger partial charge >= 0.3 is 0 Å². The van der Waals surface area contributed by atoms with Gasteiger partial charge in [0.15, 0.2) is 0 Å². The van der Waals surface area contributed by atoms with Crippen LogP contribution in [-0.4, -0.2) is 0 Å². The summed E-state index contributed by atoms with van der Waals surface area (Å²) >= 11 is 0. The monoisotopic (exact) mass is 435 g/mol. The Balaban J connectivity index is 1.63. The molecule has 0 aliphatic heterocycles. The molecule has 0 N–H and O–H groups in total. The minimum Gasteiger partial charge on any atom is -0.310 e. The summed E-state index contributed by atoms with van der Waals surface area (Å²) in [5, 5.41) is 5.09. The number of hydrogen-bond donors (Lipinski definition) is 0. The molecular weight excluding hydrogens is 410 g/mol. The quantitative estimate of drug-likeness (QED) is 0.266. The molecule has 34 heavy (non-hydrogen) atoms. The van der Waals surface area contributed by atoms with Gasteiger partial charge in [-0.2, -0.15) is 0 Å². The van der Waals surface area contributed by atoms with Crippen molar-refractivity contribution < 1.29 is 0 Å². The summed E-state index contributed by atoms with van der Waals surface area (Å²) in [5.41, 5.74) is 7.30. The lowest BCUT2D eigenvalue weighted by molar-refractivity contribution is 1.30. The van der Waals surface area contributed by atoms with E-state index in [-0.39, 0.29) is 0 Å². The van der Waals surface area contributed by atoms with Gasteiger partial charge in [0.1, 0.15) is 0 Å². The maximum absolute atomic E-state index is 2.35. The third-order valence-corrected chi connectivity index (χ3v) is 6.60. The zero-order chi connectivity index (χ0) is 22.9. The molecule has 0 fully saturated rings. The molecule has 6 aromatic rings. The van der Waals surface area contributed by atoms with Gasteiger partial charge in [0.05, 0.1) is 5.69 Å². The minimum absolute atomic E-state index is 1.15. The highest BCUT2D eigenvalue weighted by molar-refractivity contribution is 6.10. The number of aryl methyl sites for hydroxylation is 1. The van der Waals surface area contributed by atoms with Crippen molar-refractivity contribution in [2.75, 3.05) is 4.90 Å². The number of nitrogens with zero attached hydrogens (tertiary/aromatic N) is 1. The van der Waals surface area contributed by atoms with Crippen LogP contribution in [0.15, 0.2) is 133 Å². The third kappa shape index (κ3) is 3.43. The standard InChI is InChI=1S/C33H25N/c1-24-20-21-30(28-17-9-8-16-27(24)28)31-22-23-33(32-19-11-10-18-29(31)32)34(25-12-4-2-5-13-25)26-14-6-3-7-15-26/h2-23H,1H3. The van der Waals surface area contributed by atoms with Crippen molar-refractivity contribution >= 4 is 38.6 Å². The summed E-state index contributed by atoms with van der Waals surface area (Å²) in [6.07, 6.45) is 0. The van der Waals surface area contributed by atoms with Gasteiger partial charge in [-0.25, -0.2) is 0 Å². The summed E-state index contributed by atoms with van der Waals surface area (Å²) in [6.45, 7) is 2.19. The summed E-state index contributed by atoms with van der Waals surface area (Å²) in [6, 6.07) is 47.7. The summed E-state index contributed by atoms with van der Waals surface area (Å²) < 4.78 is 0. The van der Waals surface area contributed by atoms with E-state index in [9.17, 15) is 0 Å². The van der Waals surface area contributed by atoms with Crippen molar-refractivity contribution in [3.05, 3.63) is 139 Å². The van der Waals surface area contributed by atoms with E-state index in [1.807, 2.05) is 0 Å². The third-order valence-electron chi connectivity index (χ3n) is 6.60. The van der Waals surface area contributed by atoms with Gasteiger partial charge < -0.3 is 4.90 Å². The zero-order valence-electron chi connectivity index (χ0n) is 19.1. The molecule has 0 radical (unpaired) electrons. The largest absolute Gasteiger partial charge is 0.310 e. The predicted octanol–water partition coefficient (Wildman–Crippen LogP) is 9.44. The van der Waals surface area contributed by atoms with Gasteiger partial charge in [0.2, 0.25) is 0 Å². The van der Waals surface area contributed by atoms with Crippen LogP contribution in [0.2, 0.25) is 0 Å². The molecule has 0 saturated carbocycles. The van der Waals surface area contributed by atoms with E-state index in [2.05, 4.69) is 145 Å². The summed E-state index contributed by atoms with van der Waals surface area (Å²) in [4.78, 5) is 2.35. The van der Waals surface area contributed by atoms with Crippen molar-refractivity contribution in [2.45, 2.75) is 6.92 Å². The highest BCUT2D eigenvalue weighted by Gasteiger charge is 2.17. The normalized spacial score (nSPS) is 11.1. The molecule has 0 bridgehead atoms. The van der Waals surface area contributed by atoms with Crippen molar-refractivity contribution in [1.29, 1.82) is 0 Å². The highest BCUT2D eigenvalue weighted by atomic mass is 15.1. The molecule has 0 aromatic heterocycles. The van der Waals surface area contributed by atoms with Crippen molar-refractivity contribution in [1.82, 2.24) is 0 Å². The Morgan fingerprint density at radius 2 is 0.824 bits per heavy atom. The van der Waals surface area contributed by atoms with Gasteiger partial charge in [0.25, 0.3) is 0 Å².